The summed E-state index contributed by atoms with van der Waals surface area (Å²) in [6.45, 7) is 4.52. The van der Waals surface area contributed by atoms with Crippen LogP contribution < -0.4 is 5.32 Å². The molecule has 2 atom stereocenters. The molecule has 0 spiro atoms. The Morgan fingerprint density at radius 3 is 2.85 bits per heavy atom. The Hall–Kier alpha value is -1.50. The largest absolute Gasteiger partial charge is 0.389 e. The summed E-state index contributed by atoms with van der Waals surface area (Å²) < 4.78 is 4.95. The normalized spacial score (nSPS) is 15.6. The van der Waals surface area contributed by atoms with Gasteiger partial charge in [0.1, 0.15) is 0 Å². The van der Waals surface area contributed by atoms with Gasteiger partial charge in [-0.3, -0.25) is 10.1 Å². The Labute approximate surface area is 118 Å². The molecule has 0 aliphatic rings. The predicted molar refractivity (Wildman–Crippen MR) is 76.6 cm³/mol. The third-order valence-electron chi connectivity index (χ3n) is 3.21. The molecule has 0 aliphatic heterocycles. The number of hydrogen-bond acceptors (Lipinski definition) is 5. The third-order valence-corrected chi connectivity index (χ3v) is 3.21. The Balaban J connectivity index is 2.60. The van der Waals surface area contributed by atoms with Crippen LogP contribution in [-0.4, -0.2) is 35.9 Å². The van der Waals surface area contributed by atoms with Gasteiger partial charge in [0.25, 0.3) is 5.69 Å². The highest BCUT2D eigenvalue weighted by Crippen LogP contribution is 2.19. The molecule has 1 aromatic carbocycles. The fraction of sp³-hybridized carbons (Fsp3) is 0.571. The predicted octanol–water partition coefficient (Wildman–Crippen LogP) is 2.03. The lowest BCUT2D eigenvalue weighted by atomic mass is 10.0. The van der Waals surface area contributed by atoms with E-state index < -0.39 is 10.5 Å². The summed E-state index contributed by atoms with van der Waals surface area (Å²) in [5.74, 6) is 0. The van der Waals surface area contributed by atoms with Gasteiger partial charge in [-0.15, -0.1) is 0 Å². The van der Waals surface area contributed by atoms with Crippen molar-refractivity contribution in [2.75, 3.05) is 20.3 Å². The zero-order valence-corrected chi connectivity index (χ0v) is 12.1. The Morgan fingerprint density at radius 2 is 2.25 bits per heavy atom. The molecular formula is C14H22N2O4. The van der Waals surface area contributed by atoms with Gasteiger partial charge in [-0.25, -0.2) is 0 Å². The first-order chi connectivity index (χ1) is 9.35. The van der Waals surface area contributed by atoms with Crippen molar-refractivity contribution in [2.24, 2.45) is 0 Å². The van der Waals surface area contributed by atoms with Gasteiger partial charge in [0.05, 0.1) is 10.5 Å². The molecule has 2 unspecified atom stereocenters. The highest BCUT2D eigenvalue weighted by atomic mass is 16.6. The van der Waals surface area contributed by atoms with Crippen LogP contribution in [0, 0.1) is 10.1 Å². The van der Waals surface area contributed by atoms with E-state index >= 15 is 0 Å². The maximum atomic E-state index is 10.7. The first-order valence-corrected chi connectivity index (χ1v) is 6.55. The van der Waals surface area contributed by atoms with Crippen molar-refractivity contribution < 1.29 is 14.8 Å². The molecule has 0 fully saturated rings. The average Bonchev–Trinajstić information content (AvgIpc) is 2.43. The lowest BCUT2D eigenvalue weighted by molar-refractivity contribution is -0.384. The molecule has 112 valence electrons. The summed E-state index contributed by atoms with van der Waals surface area (Å²) in [7, 11) is 1.59. The van der Waals surface area contributed by atoms with E-state index in [9.17, 15) is 15.2 Å². The van der Waals surface area contributed by atoms with Crippen LogP contribution in [0.1, 0.15) is 31.9 Å². The number of nitro benzene ring substituents is 1. The van der Waals surface area contributed by atoms with Crippen LogP contribution >= 0.6 is 0 Å². The zero-order chi connectivity index (χ0) is 15.2. The van der Waals surface area contributed by atoms with Crippen LogP contribution in [0.15, 0.2) is 24.3 Å². The van der Waals surface area contributed by atoms with Crippen LogP contribution in [0.3, 0.4) is 0 Å². The average molecular weight is 282 g/mol. The lowest BCUT2D eigenvalue weighted by Gasteiger charge is -2.25. The Bertz CT molecular complexity index is 449. The number of rotatable bonds is 8. The van der Waals surface area contributed by atoms with Crippen LogP contribution in [0.5, 0.6) is 0 Å². The first-order valence-electron chi connectivity index (χ1n) is 6.55. The van der Waals surface area contributed by atoms with Gasteiger partial charge in [0.2, 0.25) is 0 Å². The molecule has 0 aromatic heterocycles. The maximum absolute atomic E-state index is 10.7. The zero-order valence-electron chi connectivity index (χ0n) is 12.1. The molecule has 0 saturated carbocycles. The maximum Gasteiger partial charge on any atom is 0.269 e. The number of ether oxygens (including phenoxy) is 1. The lowest BCUT2D eigenvalue weighted by Crippen LogP contribution is -2.39. The highest BCUT2D eigenvalue weighted by Gasteiger charge is 2.21. The summed E-state index contributed by atoms with van der Waals surface area (Å²) in [6, 6.07) is 6.42. The van der Waals surface area contributed by atoms with Crippen molar-refractivity contribution in [2.45, 2.75) is 31.9 Å². The first kappa shape index (κ1) is 16.6. The van der Waals surface area contributed by atoms with Gasteiger partial charge < -0.3 is 15.2 Å². The molecule has 0 aliphatic carbocycles. The molecule has 6 nitrogen and oxygen atoms in total. The van der Waals surface area contributed by atoms with E-state index in [-0.39, 0.29) is 11.7 Å². The highest BCUT2D eigenvalue weighted by molar-refractivity contribution is 5.35. The van der Waals surface area contributed by atoms with Gasteiger partial charge in [-0.1, -0.05) is 12.1 Å². The number of aliphatic hydroxyl groups is 1. The van der Waals surface area contributed by atoms with E-state index in [0.717, 1.165) is 5.56 Å². The fourth-order valence-corrected chi connectivity index (χ4v) is 1.81. The quantitative estimate of drug-likeness (QED) is 0.563. The second kappa shape index (κ2) is 7.33. The van der Waals surface area contributed by atoms with Crippen LogP contribution in [0.25, 0.3) is 0 Å². The minimum atomic E-state index is -0.870. The monoisotopic (exact) mass is 282 g/mol. The van der Waals surface area contributed by atoms with Crippen molar-refractivity contribution in [3.63, 3.8) is 0 Å². The summed E-state index contributed by atoms with van der Waals surface area (Å²) >= 11 is 0. The number of methoxy groups -OCH3 is 1. The van der Waals surface area contributed by atoms with Gasteiger partial charge in [-0.05, 0) is 19.4 Å². The smallest absolute Gasteiger partial charge is 0.269 e. The molecule has 0 amide bonds. The van der Waals surface area contributed by atoms with Gasteiger partial charge in [-0.2, -0.15) is 0 Å². The van der Waals surface area contributed by atoms with Crippen LogP contribution in [0.4, 0.5) is 5.69 Å². The summed E-state index contributed by atoms with van der Waals surface area (Å²) in [5.41, 5.74) is 0.0226. The van der Waals surface area contributed by atoms with Crippen molar-refractivity contribution >= 4 is 5.69 Å². The van der Waals surface area contributed by atoms with Crippen molar-refractivity contribution in [3.05, 3.63) is 39.9 Å². The number of nitro groups is 1. The summed E-state index contributed by atoms with van der Waals surface area (Å²) in [5, 5.41) is 24.1. The van der Waals surface area contributed by atoms with E-state index in [2.05, 4.69) is 5.32 Å². The summed E-state index contributed by atoms with van der Waals surface area (Å²) in [4.78, 5) is 10.3. The molecule has 1 aromatic rings. The fourth-order valence-electron chi connectivity index (χ4n) is 1.81. The number of nitrogens with zero attached hydrogens (tertiary/aromatic N) is 1. The minimum Gasteiger partial charge on any atom is -0.389 e. The molecule has 0 saturated heterocycles. The van der Waals surface area contributed by atoms with Crippen molar-refractivity contribution in [1.29, 1.82) is 0 Å². The van der Waals surface area contributed by atoms with E-state index in [1.54, 1.807) is 26.2 Å². The second-order valence-corrected chi connectivity index (χ2v) is 5.19. The number of non-ortho nitro benzene ring substituents is 1. The van der Waals surface area contributed by atoms with Gasteiger partial charge in [0, 0.05) is 44.9 Å². The number of hydrogen-bond donors (Lipinski definition) is 2. The van der Waals surface area contributed by atoms with Gasteiger partial charge in [0.15, 0.2) is 0 Å². The second-order valence-electron chi connectivity index (χ2n) is 5.19. The van der Waals surface area contributed by atoms with Gasteiger partial charge >= 0.3 is 0 Å². The van der Waals surface area contributed by atoms with E-state index in [4.69, 9.17) is 4.74 Å². The molecular weight excluding hydrogens is 260 g/mol. The number of benzene rings is 1. The van der Waals surface area contributed by atoms with E-state index in [0.29, 0.717) is 19.6 Å². The molecule has 0 heterocycles. The van der Waals surface area contributed by atoms with E-state index in [1.165, 1.54) is 6.07 Å². The molecule has 0 radical (unpaired) electrons. The van der Waals surface area contributed by atoms with Crippen LogP contribution in [-0.2, 0) is 4.74 Å². The Morgan fingerprint density at radius 1 is 1.55 bits per heavy atom. The summed E-state index contributed by atoms with van der Waals surface area (Å²) in [6.07, 6.45) is 0.526. The third kappa shape index (κ3) is 5.24. The SMILES string of the molecule is COCCC(C)(O)CNC(C)c1cccc([N+](=O)[O-])c1. The standard InChI is InChI=1S/C14H22N2O4/c1-11(15-10-14(2,17)7-8-20-3)12-5-4-6-13(9-12)16(18)19/h4-6,9,11,15,17H,7-8,10H2,1-3H3. The minimum absolute atomic E-state index is 0.0716. The molecule has 0 bridgehead atoms. The molecule has 6 heteroatoms. The van der Waals surface area contributed by atoms with E-state index in [1.807, 2.05) is 13.0 Å². The topological polar surface area (TPSA) is 84.6 Å². The van der Waals surface area contributed by atoms with Crippen molar-refractivity contribution in [1.82, 2.24) is 5.32 Å². The molecule has 2 N–H and O–H groups in total. The van der Waals surface area contributed by atoms with Crippen molar-refractivity contribution in [3.8, 4) is 0 Å². The van der Waals surface area contributed by atoms with Crippen LogP contribution in [0.2, 0.25) is 0 Å². The Kier molecular flexibility index (Phi) is 6.06. The molecule has 1 rings (SSSR count). The molecule has 20 heavy (non-hydrogen) atoms. The number of nitrogens with one attached hydrogen (secondary N) is 1.